The molecule has 4 nitrogen and oxygen atoms in total. The Morgan fingerprint density at radius 2 is 1.86 bits per heavy atom. The minimum absolute atomic E-state index is 0.279. The predicted molar refractivity (Wildman–Crippen MR) is 112 cm³/mol. The van der Waals surface area contributed by atoms with Gasteiger partial charge in [-0.25, -0.2) is 9.07 Å². The van der Waals surface area contributed by atoms with Gasteiger partial charge >= 0.3 is 0 Å². The Morgan fingerprint density at radius 1 is 1.07 bits per heavy atom. The molecule has 152 valence electrons. The minimum Gasteiger partial charge on any atom is -0.490 e. The van der Waals surface area contributed by atoms with Crippen molar-refractivity contribution < 1.29 is 13.9 Å². The second-order valence-electron chi connectivity index (χ2n) is 8.48. The minimum atomic E-state index is -0.318. The normalized spacial score (nSPS) is 14.6. The van der Waals surface area contributed by atoms with Crippen LogP contribution in [0.15, 0.2) is 54.6 Å². The molecule has 1 saturated carbocycles. The van der Waals surface area contributed by atoms with Crippen molar-refractivity contribution in [3.8, 4) is 22.7 Å². The van der Waals surface area contributed by atoms with Crippen LogP contribution in [0, 0.1) is 5.82 Å². The summed E-state index contributed by atoms with van der Waals surface area (Å²) in [6, 6.07) is 16.6. The van der Waals surface area contributed by atoms with Crippen LogP contribution in [-0.2, 0) is 11.3 Å². The van der Waals surface area contributed by atoms with Crippen molar-refractivity contribution >= 4 is 0 Å². The Labute approximate surface area is 171 Å². The number of hydrogen-bond donors (Lipinski definition) is 0. The first-order valence-electron chi connectivity index (χ1n) is 10.1. The van der Waals surface area contributed by atoms with Gasteiger partial charge in [-0.2, -0.15) is 5.10 Å². The van der Waals surface area contributed by atoms with Crippen LogP contribution in [0.2, 0.25) is 0 Å². The van der Waals surface area contributed by atoms with E-state index >= 15 is 0 Å². The van der Waals surface area contributed by atoms with E-state index in [0.29, 0.717) is 18.4 Å². The van der Waals surface area contributed by atoms with Crippen molar-refractivity contribution in [1.82, 2.24) is 9.78 Å². The van der Waals surface area contributed by atoms with Gasteiger partial charge in [0, 0.05) is 5.56 Å². The fourth-order valence-electron chi connectivity index (χ4n) is 3.21. The fraction of sp³-hybridized carbons (Fsp3) is 0.375. The van der Waals surface area contributed by atoms with Gasteiger partial charge in [0.1, 0.15) is 17.3 Å². The average Bonchev–Trinajstić information content (AvgIpc) is 3.07. The summed E-state index contributed by atoms with van der Waals surface area (Å²) in [7, 11) is 0. The van der Waals surface area contributed by atoms with Crippen LogP contribution in [-0.4, -0.2) is 21.5 Å². The molecule has 0 radical (unpaired) electrons. The van der Waals surface area contributed by atoms with Crippen molar-refractivity contribution in [1.29, 1.82) is 0 Å². The number of nitrogens with zero attached hydrogens (tertiary/aromatic N) is 2. The van der Waals surface area contributed by atoms with Crippen molar-refractivity contribution in [2.24, 2.45) is 0 Å². The summed E-state index contributed by atoms with van der Waals surface area (Å²) >= 11 is 0. The SMILES string of the molecule is CC(C)(C)OCc1cc(-c2cccc(OC3CCC3)c2)n(-c2ccccc2F)n1. The van der Waals surface area contributed by atoms with Gasteiger partial charge in [-0.3, -0.25) is 0 Å². The summed E-state index contributed by atoms with van der Waals surface area (Å²) in [5.74, 6) is 0.517. The predicted octanol–water partition coefficient (Wildman–Crippen LogP) is 5.92. The van der Waals surface area contributed by atoms with Crippen LogP contribution in [0.3, 0.4) is 0 Å². The van der Waals surface area contributed by atoms with E-state index in [4.69, 9.17) is 9.47 Å². The highest BCUT2D eigenvalue weighted by Gasteiger charge is 2.20. The van der Waals surface area contributed by atoms with E-state index in [1.807, 2.05) is 57.2 Å². The maximum Gasteiger partial charge on any atom is 0.148 e. The molecule has 0 saturated heterocycles. The third-order valence-electron chi connectivity index (χ3n) is 4.98. The Bertz CT molecular complexity index is 987. The monoisotopic (exact) mass is 394 g/mol. The van der Waals surface area contributed by atoms with Crippen LogP contribution < -0.4 is 4.74 Å². The highest BCUT2D eigenvalue weighted by Crippen LogP contribution is 2.31. The lowest BCUT2D eigenvalue weighted by molar-refractivity contribution is -0.0165. The van der Waals surface area contributed by atoms with Crippen molar-refractivity contribution in [3.05, 3.63) is 66.1 Å². The number of halogens is 1. The van der Waals surface area contributed by atoms with Gasteiger partial charge in [0.25, 0.3) is 0 Å². The molecule has 1 aliphatic rings. The van der Waals surface area contributed by atoms with E-state index in [9.17, 15) is 4.39 Å². The van der Waals surface area contributed by atoms with Crippen molar-refractivity contribution in [3.63, 3.8) is 0 Å². The van der Waals surface area contributed by atoms with Crippen LogP contribution in [0.25, 0.3) is 16.9 Å². The Morgan fingerprint density at radius 3 is 2.55 bits per heavy atom. The van der Waals surface area contributed by atoms with Gasteiger partial charge in [-0.1, -0.05) is 24.3 Å². The lowest BCUT2D eigenvalue weighted by Crippen LogP contribution is -2.24. The Kier molecular flexibility index (Phi) is 5.41. The maximum absolute atomic E-state index is 14.5. The molecule has 29 heavy (non-hydrogen) atoms. The number of aromatic nitrogens is 2. The summed E-state index contributed by atoms with van der Waals surface area (Å²) in [5.41, 5.74) is 2.62. The number of benzene rings is 2. The highest BCUT2D eigenvalue weighted by molar-refractivity contribution is 5.64. The molecule has 1 heterocycles. The molecule has 0 atom stereocenters. The second-order valence-corrected chi connectivity index (χ2v) is 8.48. The molecule has 0 spiro atoms. The number of rotatable bonds is 6. The third-order valence-corrected chi connectivity index (χ3v) is 4.98. The standard InChI is InChI=1S/C24H27FN2O2/c1-24(2,3)28-16-18-15-23(27(26-18)22-13-5-4-12-21(22)25)17-8-6-11-20(14-17)29-19-9-7-10-19/h4-6,8,11-15,19H,7,9-10,16H2,1-3H3. The molecular weight excluding hydrogens is 367 g/mol. The molecule has 0 unspecified atom stereocenters. The largest absolute Gasteiger partial charge is 0.490 e. The third kappa shape index (κ3) is 4.67. The van der Waals surface area contributed by atoms with E-state index in [0.717, 1.165) is 35.5 Å². The molecule has 5 heteroatoms. The highest BCUT2D eigenvalue weighted by atomic mass is 19.1. The van der Waals surface area contributed by atoms with Crippen molar-refractivity contribution in [2.75, 3.05) is 0 Å². The number of ether oxygens (including phenoxy) is 2. The van der Waals surface area contributed by atoms with Gasteiger partial charge in [0.2, 0.25) is 0 Å². The van der Waals surface area contributed by atoms with Gasteiger partial charge in [-0.05, 0) is 70.4 Å². The summed E-state index contributed by atoms with van der Waals surface area (Å²) in [6.45, 7) is 6.37. The average molecular weight is 394 g/mol. The Hall–Kier alpha value is -2.66. The molecule has 1 aromatic heterocycles. The maximum atomic E-state index is 14.5. The van der Waals surface area contributed by atoms with Crippen LogP contribution >= 0.6 is 0 Å². The number of para-hydroxylation sites is 1. The molecule has 1 fully saturated rings. The van der Waals surface area contributed by atoms with E-state index in [-0.39, 0.29) is 11.4 Å². The second kappa shape index (κ2) is 7.99. The van der Waals surface area contributed by atoms with Gasteiger partial charge in [0.05, 0.1) is 29.7 Å². The van der Waals surface area contributed by atoms with Crippen LogP contribution in [0.5, 0.6) is 5.75 Å². The van der Waals surface area contributed by atoms with E-state index in [2.05, 4.69) is 5.10 Å². The van der Waals surface area contributed by atoms with Gasteiger partial charge in [-0.15, -0.1) is 0 Å². The molecule has 0 bridgehead atoms. The summed E-state index contributed by atoms with van der Waals surface area (Å²) in [5, 5.41) is 4.65. The lowest BCUT2D eigenvalue weighted by atomic mass is 9.96. The lowest BCUT2D eigenvalue weighted by Gasteiger charge is -2.26. The summed E-state index contributed by atoms with van der Waals surface area (Å²) in [6.07, 6.45) is 3.73. The van der Waals surface area contributed by atoms with Crippen LogP contribution in [0.4, 0.5) is 4.39 Å². The fourth-order valence-corrected chi connectivity index (χ4v) is 3.21. The zero-order valence-corrected chi connectivity index (χ0v) is 17.2. The molecular formula is C24H27FN2O2. The summed E-state index contributed by atoms with van der Waals surface area (Å²) in [4.78, 5) is 0. The van der Waals surface area contributed by atoms with E-state index < -0.39 is 0 Å². The zero-order valence-electron chi connectivity index (χ0n) is 17.2. The smallest absolute Gasteiger partial charge is 0.148 e. The zero-order chi connectivity index (χ0) is 20.4. The summed E-state index contributed by atoms with van der Waals surface area (Å²) < 4.78 is 28.1. The Balaban J connectivity index is 1.71. The first-order chi connectivity index (χ1) is 13.9. The quantitative estimate of drug-likeness (QED) is 0.520. The molecule has 0 amide bonds. The topological polar surface area (TPSA) is 36.3 Å². The van der Waals surface area contributed by atoms with Gasteiger partial charge in [0.15, 0.2) is 0 Å². The molecule has 1 aliphatic carbocycles. The first-order valence-corrected chi connectivity index (χ1v) is 10.1. The van der Waals surface area contributed by atoms with Crippen LogP contribution in [0.1, 0.15) is 45.7 Å². The number of hydrogen-bond acceptors (Lipinski definition) is 3. The molecule has 3 aromatic rings. The van der Waals surface area contributed by atoms with Gasteiger partial charge < -0.3 is 9.47 Å². The molecule has 0 aliphatic heterocycles. The van der Waals surface area contributed by atoms with E-state index in [1.165, 1.54) is 12.5 Å². The first kappa shape index (κ1) is 19.6. The van der Waals surface area contributed by atoms with E-state index in [1.54, 1.807) is 16.8 Å². The molecule has 4 rings (SSSR count). The molecule has 0 N–H and O–H groups in total. The molecule has 2 aromatic carbocycles. The van der Waals surface area contributed by atoms with Crippen molar-refractivity contribution in [2.45, 2.75) is 58.3 Å².